The minimum atomic E-state index is -1.04. The molecular formula is C20H25NO4. The zero-order valence-electron chi connectivity index (χ0n) is 14.6. The molecule has 0 spiro atoms. The van der Waals surface area contributed by atoms with E-state index in [9.17, 15) is 14.7 Å². The van der Waals surface area contributed by atoms with Crippen molar-refractivity contribution in [1.82, 2.24) is 4.90 Å². The van der Waals surface area contributed by atoms with E-state index in [0.29, 0.717) is 17.6 Å². The second-order valence-electron chi connectivity index (χ2n) is 7.03. The van der Waals surface area contributed by atoms with Gasteiger partial charge in [0.15, 0.2) is 0 Å². The smallest absolute Gasteiger partial charge is 0.332 e. The summed E-state index contributed by atoms with van der Waals surface area (Å²) in [6.45, 7) is 1.58. The molecule has 0 radical (unpaired) electrons. The zero-order valence-corrected chi connectivity index (χ0v) is 14.6. The minimum Gasteiger partial charge on any atom is -0.497 e. The molecule has 2 unspecified atom stereocenters. The van der Waals surface area contributed by atoms with Gasteiger partial charge in [-0.05, 0) is 48.4 Å². The van der Waals surface area contributed by atoms with E-state index >= 15 is 0 Å². The molecule has 5 heteroatoms. The molecular weight excluding hydrogens is 318 g/mol. The van der Waals surface area contributed by atoms with Crippen molar-refractivity contribution in [3.63, 3.8) is 0 Å². The highest BCUT2D eigenvalue weighted by Gasteiger charge is 2.36. The lowest BCUT2D eigenvalue weighted by Gasteiger charge is -2.22. The van der Waals surface area contributed by atoms with E-state index < -0.39 is 5.97 Å². The number of fused-ring (bicyclic) bond motifs is 1. The lowest BCUT2D eigenvalue weighted by atomic mass is 9.82. The molecule has 1 aliphatic heterocycles. The Bertz CT molecular complexity index is 651. The van der Waals surface area contributed by atoms with Crippen LogP contribution in [0.15, 0.2) is 29.8 Å². The van der Waals surface area contributed by atoms with Crippen molar-refractivity contribution in [2.75, 3.05) is 20.2 Å². The molecule has 3 rings (SSSR count). The fourth-order valence-corrected chi connectivity index (χ4v) is 3.97. The van der Waals surface area contributed by atoms with E-state index in [1.807, 2.05) is 4.90 Å². The number of carboxylic acid groups (broad SMARTS) is 1. The van der Waals surface area contributed by atoms with Crippen LogP contribution in [-0.2, 0) is 9.59 Å². The van der Waals surface area contributed by atoms with Crippen molar-refractivity contribution in [3.05, 3.63) is 35.4 Å². The van der Waals surface area contributed by atoms with Crippen molar-refractivity contribution in [1.29, 1.82) is 0 Å². The van der Waals surface area contributed by atoms with Gasteiger partial charge in [0, 0.05) is 18.7 Å². The van der Waals surface area contributed by atoms with Crippen LogP contribution in [0.25, 0.3) is 6.08 Å². The monoisotopic (exact) mass is 343 g/mol. The van der Waals surface area contributed by atoms with Crippen LogP contribution in [0.4, 0.5) is 0 Å². The van der Waals surface area contributed by atoms with Gasteiger partial charge in [0.05, 0.1) is 13.5 Å². The van der Waals surface area contributed by atoms with Gasteiger partial charge in [-0.3, -0.25) is 4.79 Å². The fraction of sp³-hybridized carbons (Fsp3) is 0.500. The van der Waals surface area contributed by atoms with Gasteiger partial charge >= 0.3 is 5.97 Å². The Balaban J connectivity index is 1.67. The van der Waals surface area contributed by atoms with Crippen molar-refractivity contribution in [3.8, 4) is 5.75 Å². The molecule has 1 N–H and O–H groups in total. The standard InChI is InChI=1S/C20H25NO4/c1-25-18-8-6-14(7-9-18)10-17(20(23)24)11-19(22)21-12-15-4-2-3-5-16(15)13-21/h6-10,15-16H,2-5,11-13H2,1H3,(H,23,24)/b17-10+. The predicted octanol–water partition coefficient (Wildman–Crippen LogP) is 3.20. The molecule has 1 aromatic rings. The Kier molecular flexibility index (Phi) is 5.41. The normalized spacial score (nSPS) is 23.2. The summed E-state index contributed by atoms with van der Waals surface area (Å²) in [7, 11) is 1.58. The third-order valence-electron chi connectivity index (χ3n) is 5.40. The second kappa shape index (κ2) is 7.72. The molecule has 1 saturated heterocycles. The van der Waals surface area contributed by atoms with Gasteiger partial charge in [0.2, 0.25) is 5.91 Å². The number of hydrogen-bond acceptors (Lipinski definition) is 3. The number of amides is 1. The maximum Gasteiger partial charge on any atom is 0.332 e. The molecule has 1 aliphatic carbocycles. The molecule has 134 valence electrons. The van der Waals surface area contributed by atoms with Gasteiger partial charge in [-0.15, -0.1) is 0 Å². The number of hydrogen-bond donors (Lipinski definition) is 1. The average molecular weight is 343 g/mol. The van der Waals surface area contributed by atoms with Crippen LogP contribution in [0.5, 0.6) is 5.75 Å². The highest BCUT2D eigenvalue weighted by atomic mass is 16.5. The van der Waals surface area contributed by atoms with Crippen LogP contribution >= 0.6 is 0 Å². The number of aliphatic carboxylic acids is 1. The first-order valence-corrected chi connectivity index (χ1v) is 8.92. The summed E-state index contributed by atoms with van der Waals surface area (Å²) in [4.78, 5) is 26.0. The Morgan fingerprint density at radius 2 is 1.76 bits per heavy atom. The largest absolute Gasteiger partial charge is 0.497 e. The number of carbonyl (C=O) groups is 2. The number of carboxylic acids is 1. The third kappa shape index (κ3) is 4.21. The summed E-state index contributed by atoms with van der Waals surface area (Å²) >= 11 is 0. The van der Waals surface area contributed by atoms with Crippen LogP contribution in [0.1, 0.15) is 37.7 Å². The number of rotatable bonds is 5. The van der Waals surface area contributed by atoms with Crippen molar-refractivity contribution in [2.45, 2.75) is 32.1 Å². The average Bonchev–Trinajstić information content (AvgIpc) is 3.06. The van der Waals surface area contributed by atoms with E-state index in [0.717, 1.165) is 18.7 Å². The summed E-state index contributed by atoms with van der Waals surface area (Å²) < 4.78 is 5.10. The van der Waals surface area contributed by atoms with E-state index in [2.05, 4.69) is 0 Å². The number of ether oxygens (including phenoxy) is 1. The lowest BCUT2D eigenvalue weighted by molar-refractivity contribution is -0.136. The van der Waals surface area contributed by atoms with Gasteiger partial charge in [0.25, 0.3) is 0 Å². The number of likely N-dealkylation sites (tertiary alicyclic amines) is 1. The topological polar surface area (TPSA) is 66.8 Å². The fourth-order valence-electron chi connectivity index (χ4n) is 3.97. The Labute approximate surface area is 148 Å². The highest BCUT2D eigenvalue weighted by Crippen LogP contribution is 2.36. The lowest BCUT2D eigenvalue weighted by Crippen LogP contribution is -2.29. The molecule has 0 aromatic heterocycles. The first-order chi connectivity index (χ1) is 12.1. The number of methoxy groups -OCH3 is 1. The van der Waals surface area contributed by atoms with Crippen LogP contribution < -0.4 is 4.74 Å². The van der Waals surface area contributed by atoms with Crippen LogP contribution in [0.3, 0.4) is 0 Å². The summed E-state index contributed by atoms with van der Waals surface area (Å²) in [5, 5.41) is 9.47. The molecule has 25 heavy (non-hydrogen) atoms. The number of benzene rings is 1. The third-order valence-corrected chi connectivity index (χ3v) is 5.40. The maximum absolute atomic E-state index is 12.6. The van der Waals surface area contributed by atoms with Crippen molar-refractivity contribution in [2.24, 2.45) is 11.8 Å². The first-order valence-electron chi connectivity index (χ1n) is 8.92. The zero-order chi connectivity index (χ0) is 17.8. The molecule has 0 bridgehead atoms. The van der Waals surface area contributed by atoms with E-state index in [1.54, 1.807) is 37.5 Å². The Hall–Kier alpha value is -2.30. The van der Waals surface area contributed by atoms with Gasteiger partial charge in [-0.2, -0.15) is 0 Å². The minimum absolute atomic E-state index is 0.0548. The van der Waals surface area contributed by atoms with E-state index in [4.69, 9.17) is 4.74 Å². The van der Waals surface area contributed by atoms with Gasteiger partial charge < -0.3 is 14.7 Å². The number of carbonyl (C=O) groups excluding carboxylic acids is 1. The number of nitrogens with zero attached hydrogens (tertiary/aromatic N) is 1. The summed E-state index contributed by atoms with van der Waals surface area (Å²) in [5.74, 6) is 0.815. The van der Waals surface area contributed by atoms with E-state index in [-0.39, 0.29) is 17.9 Å². The predicted molar refractivity (Wildman–Crippen MR) is 95.3 cm³/mol. The van der Waals surface area contributed by atoms with Gasteiger partial charge in [-0.25, -0.2) is 4.79 Å². The van der Waals surface area contributed by atoms with Gasteiger partial charge in [-0.1, -0.05) is 25.0 Å². The summed E-state index contributed by atoms with van der Waals surface area (Å²) in [6.07, 6.45) is 6.41. The van der Waals surface area contributed by atoms with Crippen LogP contribution in [0.2, 0.25) is 0 Å². The SMILES string of the molecule is COc1ccc(/C=C(\CC(=O)N2CC3CCCCC3C2)C(=O)O)cc1. The Morgan fingerprint density at radius 3 is 2.28 bits per heavy atom. The molecule has 1 amide bonds. The summed E-state index contributed by atoms with van der Waals surface area (Å²) in [5.41, 5.74) is 0.881. The molecule has 2 aliphatic rings. The van der Waals surface area contributed by atoms with E-state index in [1.165, 1.54) is 25.7 Å². The molecule has 1 aromatic carbocycles. The summed E-state index contributed by atoms with van der Waals surface area (Å²) in [6, 6.07) is 7.13. The van der Waals surface area contributed by atoms with Crippen molar-refractivity contribution >= 4 is 18.0 Å². The Morgan fingerprint density at radius 1 is 1.16 bits per heavy atom. The second-order valence-corrected chi connectivity index (χ2v) is 7.03. The molecule has 2 fully saturated rings. The first kappa shape index (κ1) is 17.5. The van der Waals surface area contributed by atoms with Crippen LogP contribution in [-0.4, -0.2) is 42.1 Å². The highest BCUT2D eigenvalue weighted by molar-refractivity contribution is 5.98. The molecule has 1 saturated carbocycles. The quantitative estimate of drug-likeness (QED) is 0.834. The van der Waals surface area contributed by atoms with Gasteiger partial charge in [0.1, 0.15) is 5.75 Å². The molecule has 5 nitrogen and oxygen atoms in total. The maximum atomic E-state index is 12.6. The molecule has 1 heterocycles. The molecule has 2 atom stereocenters. The van der Waals surface area contributed by atoms with Crippen molar-refractivity contribution < 1.29 is 19.4 Å². The van der Waals surface area contributed by atoms with Crippen LogP contribution in [0, 0.1) is 11.8 Å².